The molecule has 0 aliphatic rings. The summed E-state index contributed by atoms with van der Waals surface area (Å²) in [5.41, 5.74) is 0. The topological polar surface area (TPSA) is 90.9 Å². The largest absolute Gasteiger partial charge is 0.480 e. The zero-order valence-corrected chi connectivity index (χ0v) is 16.2. The predicted octanol–water partition coefficient (Wildman–Crippen LogP) is 2.62. The molecule has 0 aliphatic carbocycles. The quantitative estimate of drug-likeness (QED) is 0.634. The van der Waals surface area contributed by atoms with Crippen LogP contribution >= 0.6 is 23.2 Å². The summed E-state index contributed by atoms with van der Waals surface area (Å²) in [4.78, 5) is 35.2. The van der Waals surface area contributed by atoms with E-state index in [9.17, 15) is 14.4 Å². The summed E-state index contributed by atoms with van der Waals surface area (Å²) < 4.78 is 14.7. The Morgan fingerprint density at radius 1 is 1.15 bits per heavy atom. The van der Waals surface area contributed by atoms with E-state index in [0.29, 0.717) is 11.4 Å². The van der Waals surface area contributed by atoms with Crippen LogP contribution in [-0.4, -0.2) is 44.2 Å². The van der Waals surface area contributed by atoms with E-state index < -0.39 is 37.1 Å². The van der Waals surface area contributed by atoms with Crippen molar-refractivity contribution in [2.45, 2.75) is 26.3 Å². The van der Waals surface area contributed by atoms with Crippen molar-refractivity contribution in [3.63, 3.8) is 0 Å². The van der Waals surface area contributed by atoms with Crippen molar-refractivity contribution in [3.8, 4) is 5.75 Å². The zero-order chi connectivity index (χ0) is 19.7. The fraction of sp³-hybridized carbons (Fsp3) is 0.471. The van der Waals surface area contributed by atoms with Crippen LogP contribution in [-0.2, 0) is 23.9 Å². The minimum atomic E-state index is -0.796. The van der Waals surface area contributed by atoms with E-state index in [1.54, 1.807) is 6.07 Å². The molecule has 0 spiro atoms. The molecule has 0 saturated carbocycles. The maximum absolute atomic E-state index is 11.9. The van der Waals surface area contributed by atoms with Gasteiger partial charge >= 0.3 is 11.9 Å². The Bertz CT molecular complexity index is 650. The molecule has 7 nitrogen and oxygen atoms in total. The monoisotopic (exact) mass is 405 g/mol. The van der Waals surface area contributed by atoms with Crippen LogP contribution in [0.3, 0.4) is 0 Å². The van der Waals surface area contributed by atoms with Gasteiger partial charge in [-0.1, -0.05) is 37.0 Å². The number of amides is 1. The fourth-order valence-corrected chi connectivity index (χ4v) is 2.44. The number of esters is 2. The third kappa shape index (κ3) is 7.93. The van der Waals surface area contributed by atoms with E-state index in [1.807, 2.05) is 13.8 Å². The Kier molecular flexibility index (Phi) is 9.23. The second kappa shape index (κ2) is 10.9. The lowest BCUT2D eigenvalue weighted by molar-refractivity contribution is -0.151. The molecule has 0 saturated heterocycles. The number of rotatable bonds is 9. The Balaban J connectivity index is 2.42. The Morgan fingerprint density at radius 2 is 1.85 bits per heavy atom. The number of halogens is 2. The van der Waals surface area contributed by atoms with E-state index in [2.05, 4.69) is 10.1 Å². The van der Waals surface area contributed by atoms with E-state index in [4.69, 9.17) is 32.7 Å². The first-order valence-corrected chi connectivity index (χ1v) is 8.59. The SMILES string of the molecule is COC(=O)[C@H](CC(C)C)NC(=O)COC(=O)COc1ccc(Cl)cc1Cl. The van der Waals surface area contributed by atoms with Crippen molar-refractivity contribution in [1.29, 1.82) is 0 Å². The molecule has 144 valence electrons. The lowest BCUT2D eigenvalue weighted by Crippen LogP contribution is -2.44. The molecule has 0 bridgehead atoms. The summed E-state index contributed by atoms with van der Waals surface area (Å²) in [5, 5.41) is 3.16. The molecular weight excluding hydrogens is 385 g/mol. The second-order valence-electron chi connectivity index (χ2n) is 5.80. The molecule has 0 fully saturated rings. The van der Waals surface area contributed by atoms with Crippen LogP contribution in [0.25, 0.3) is 0 Å². The molecule has 0 unspecified atom stereocenters. The Morgan fingerprint density at radius 3 is 2.42 bits per heavy atom. The highest BCUT2D eigenvalue weighted by molar-refractivity contribution is 6.35. The van der Waals surface area contributed by atoms with Gasteiger partial charge in [0.15, 0.2) is 13.2 Å². The number of hydrogen-bond acceptors (Lipinski definition) is 6. The van der Waals surface area contributed by atoms with Gasteiger partial charge in [-0.3, -0.25) is 4.79 Å². The molecule has 0 aromatic heterocycles. The summed E-state index contributed by atoms with van der Waals surface area (Å²) in [6.07, 6.45) is 0.407. The van der Waals surface area contributed by atoms with Crippen LogP contribution in [0.1, 0.15) is 20.3 Å². The highest BCUT2D eigenvalue weighted by Crippen LogP contribution is 2.27. The van der Waals surface area contributed by atoms with Gasteiger partial charge in [-0.15, -0.1) is 0 Å². The van der Waals surface area contributed by atoms with Gasteiger partial charge in [0.25, 0.3) is 5.91 Å². The van der Waals surface area contributed by atoms with Crippen LogP contribution in [0, 0.1) is 5.92 Å². The third-order valence-electron chi connectivity index (χ3n) is 3.13. The van der Waals surface area contributed by atoms with Crippen LogP contribution in [0.2, 0.25) is 10.0 Å². The summed E-state index contributed by atoms with van der Waals surface area (Å²) in [5.74, 6) is -1.50. The van der Waals surface area contributed by atoms with Gasteiger partial charge in [-0.05, 0) is 30.5 Å². The molecule has 1 aromatic rings. The summed E-state index contributed by atoms with van der Waals surface area (Å²) in [6, 6.07) is 3.75. The van der Waals surface area contributed by atoms with E-state index in [0.717, 1.165) is 0 Å². The average molecular weight is 406 g/mol. The highest BCUT2D eigenvalue weighted by Gasteiger charge is 2.23. The summed E-state index contributed by atoms with van der Waals surface area (Å²) in [7, 11) is 1.24. The minimum Gasteiger partial charge on any atom is -0.480 e. The van der Waals surface area contributed by atoms with Crippen molar-refractivity contribution in [2.24, 2.45) is 5.92 Å². The maximum Gasteiger partial charge on any atom is 0.344 e. The van der Waals surface area contributed by atoms with Gasteiger partial charge in [0.2, 0.25) is 0 Å². The summed E-state index contributed by atoms with van der Waals surface area (Å²) >= 11 is 11.7. The van der Waals surface area contributed by atoms with Crippen molar-refractivity contribution >= 4 is 41.0 Å². The number of carbonyl (C=O) groups is 3. The van der Waals surface area contributed by atoms with Gasteiger partial charge in [0, 0.05) is 5.02 Å². The number of hydrogen-bond donors (Lipinski definition) is 1. The molecule has 1 aromatic carbocycles. The van der Waals surface area contributed by atoms with Crippen molar-refractivity contribution in [3.05, 3.63) is 28.2 Å². The Labute approximate surface area is 161 Å². The van der Waals surface area contributed by atoms with Crippen molar-refractivity contribution < 1.29 is 28.6 Å². The van der Waals surface area contributed by atoms with E-state index in [1.165, 1.54) is 19.2 Å². The first-order valence-electron chi connectivity index (χ1n) is 7.83. The molecule has 9 heteroatoms. The summed E-state index contributed by atoms with van der Waals surface area (Å²) in [6.45, 7) is 2.84. The molecule has 0 radical (unpaired) electrons. The van der Waals surface area contributed by atoms with E-state index >= 15 is 0 Å². The zero-order valence-electron chi connectivity index (χ0n) is 14.7. The molecule has 1 atom stereocenters. The third-order valence-corrected chi connectivity index (χ3v) is 3.66. The van der Waals surface area contributed by atoms with Crippen LogP contribution in [0.4, 0.5) is 0 Å². The average Bonchev–Trinajstić information content (AvgIpc) is 2.57. The van der Waals surface area contributed by atoms with Gasteiger partial charge in [0.05, 0.1) is 12.1 Å². The number of methoxy groups -OCH3 is 1. The number of nitrogens with one attached hydrogen (secondary N) is 1. The molecule has 0 aliphatic heterocycles. The molecule has 1 amide bonds. The first-order chi connectivity index (χ1) is 12.2. The second-order valence-corrected chi connectivity index (χ2v) is 6.64. The number of benzene rings is 1. The van der Waals surface area contributed by atoms with Crippen molar-refractivity contribution in [2.75, 3.05) is 20.3 Å². The molecule has 1 rings (SSSR count). The predicted molar refractivity (Wildman–Crippen MR) is 96.3 cm³/mol. The minimum absolute atomic E-state index is 0.166. The maximum atomic E-state index is 11.9. The lowest BCUT2D eigenvalue weighted by Gasteiger charge is -2.18. The molecule has 26 heavy (non-hydrogen) atoms. The fourth-order valence-electron chi connectivity index (χ4n) is 1.98. The van der Waals surface area contributed by atoms with E-state index in [-0.39, 0.29) is 16.7 Å². The van der Waals surface area contributed by atoms with Gasteiger partial charge in [-0.2, -0.15) is 0 Å². The smallest absolute Gasteiger partial charge is 0.344 e. The van der Waals surface area contributed by atoms with Gasteiger partial charge < -0.3 is 19.5 Å². The van der Waals surface area contributed by atoms with Crippen LogP contribution in [0.5, 0.6) is 5.75 Å². The van der Waals surface area contributed by atoms with Gasteiger partial charge in [-0.25, -0.2) is 9.59 Å². The Hall–Kier alpha value is -1.99. The molecule has 1 N–H and O–H groups in total. The lowest BCUT2D eigenvalue weighted by atomic mass is 10.0. The standard InChI is InChI=1S/C17H21Cl2NO6/c1-10(2)6-13(17(23)24-3)20-15(21)8-26-16(22)9-25-14-5-4-11(18)7-12(14)19/h4-5,7,10,13H,6,8-9H2,1-3H3,(H,20,21)/t13-/m0/s1. The molecule has 0 heterocycles. The number of carbonyl (C=O) groups excluding carboxylic acids is 3. The number of ether oxygens (including phenoxy) is 3. The van der Waals surface area contributed by atoms with Crippen molar-refractivity contribution in [1.82, 2.24) is 5.32 Å². The van der Waals surface area contributed by atoms with Crippen LogP contribution in [0.15, 0.2) is 18.2 Å². The molecular formula is C17H21Cl2NO6. The van der Waals surface area contributed by atoms with Crippen LogP contribution < -0.4 is 10.1 Å². The first kappa shape index (κ1) is 22.1. The van der Waals surface area contributed by atoms with Gasteiger partial charge in [0.1, 0.15) is 11.8 Å². The normalized spacial score (nSPS) is 11.6. The highest BCUT2D eigenvalue weighted by atomic mass is 35.5.